The fourth-order valence-corrected chi connectivity index (χ4v) is 0.964. The molecule has 0 amide bonds. The van der Waals surface area contributed by atoms with Gasteiger partial charge in [0.25, 0.3) is 0 Å². The molecule has 0 heterocycles. The van der Waals surface area contributed by atoms with Crippen LogP contribution in [0, 0.1) is 0 Å². The molecule has 0 unspecified atom stereocenters. The van der Waals surface area contributed by atoms with E-state index in [1.165, 1.54) is 0 Å². The van der Waals surface area contributed by atoms with E-state index in [-0.39, 0.29) is 0 Å². The van der Waals surface area contributed by atoms with E-state index in [1.54, 1.807) is 0 Å². The summed E-state index contributed by atoms with van der Waals surface area (Å²) in [5.41, 5.74) is 0. The van der Waals surface area contributed by atoms with Crippen LogP contribution in [0.5, 0.6) is 0 Å². The van der Waals surface area contributed by atoms with Crippen molar-refractivity contribution in [3.8, 4) is 0 Å². The Balaban J connectivity index is 2.77. The molecule has 0 saturated heterocycles. The lowest BCUT2D eigenvalue weighted by molar-refractivity contribution is 0.401. The van der Waals surface area contributed by atoms with Crippen molar-refractivity contribution in [2.24, 2.45) is 0 Å². The van der Waals surface area contributed by atoms with Crippen LogP contribution in [0.25, 0.3) is 0 Å². The highest BCUT2D eigenvalue weighted by Gasteiger charge is 2.03. The van der Waals surface area contributed by atoms with Crippen molar-refractivity contribution in [3.63, 3.8) is 0 Å². The highest BCUT2D eigenvalue weighted by atomic mass is 35.5. The molecule has 10 heavy (non-hydrogen) atoms. The average molecular weight is 164 g/mol. The van der Waals surface area contributed by atoms with E-state index < -0.39 is 7.12 Å². The molecule has 2 nitrogen and oxygen atoms in total. The SMILES string of the molecule is OB(O)CCCCCCCl. The Bertz CT molecular complexity index is 70.8. The van der Waals surface area contributed by atoms with Gasteiger partial charge in [-0.2, -0.15) is 0 Å². The topological polar surface area (TPSA) is 40.5 Å². The summed E-state index contributed by atoms with van der Waals surface area (Å²) in [6.45, 7) is 0. The van der Waals surface area contributed by atoms with Gasteiger partial charge in [-0.3, -0.25) is 0 Å². The minimum atomic E-state index is -1.13. The van der Waals surface area contributed by atoms with Crippen molar-refractivity contribution < 1.29 is 10.0 Å². The average Bonchev–Trinajstić information content (AvgIpc) is 1.87. The van der Waals surface area contributed by atoms with Crippen LogP contribution in [0.4, 0.5) is 0 Å². The lowest BCUT2D eigenvalue weighted by Gasteiger charge is -1.97. The maximum atomic E-state index is 8.44. The van der Waals surface area contributed by atoms with Crippen molar-refractivity contribution in [1.82, 2.24) is 0 Å². The normalized spacial score (nSPS) is 9.90. The molecule has 0 bridgehead atoms. The van der Waals surface area contributed by atoms with Gasteiger partial charge in [-0.25, -0.2) is 0 Å². The zero-order valence-corrected chi connectivity index (χ0v) is 6.85. The predicted molar refractivity (Wildman–Crippen MR) is 44.2 cm³/mol. The largest absolute Gasteiger partial charge is 0.451 e. The summed E-state index contributed by atoms with van der Waals surface area (Å²) >= 11 is 5.44. The van der Waals surface area contributed by atoms with E-state index in [0.29, 0.717) is 12.2 Å². The molecule has 0 rings (SSSR count). The quantitative estimate of drug-likeness (QED) is 0.352. The van der Waals surface area contributed by atoms with Gasteiger partial charge in [-0.15, -0.1) is 11.6 Å². The number of halogens is 1. The van der Waals surface area contributed by atoms with Gasteiger partial charge in [0.15, 0.2) is 0 Å². The predicted octanol–water partition coefficient (Wildman–Crippen LogP) is 1.26. The van der Waals surface area contributed by atoms with Crippen LogP contribution in [-0.4, -0.2) is 23.0 Å². The molecule has 4 heteroatoms. The molecule has 0 aromatic rings. The van der Waals surface area contributed by atoms with Crippen LogP contribution in [0.15, 0.2) is 0 Å². The monoisotopic (exact) mass is 164 g/mol. The third-order valence-electron chi connectivity index (χ3n) is 1.35. The van der Waals surface area contributed by atoms with E-state index >= 15 is 0 Å². The summed E-state index contributed by atoms with van der Waals surface area (Å²) in [6.07, 6.45) is 4.54. The van der Waals surface area contributed by atoms with Crippen LogP contribution in [0.1, 0.15) is 25.7 Å². The second kappa shape index (κ2) is 7.38. The molecule has 0 aliphatic carbocycles. The van der Waals surface area contributed by atoms with Gasteiger partial charge in [-0.05, 0) is 12.7 Å². The molecule has 2 N–H and O–H groups in total. The summed E-state index contributed by atoms with van der Waals surface area (Å²) < 4.78 is 0. The van der Waals surface area contributed by atoms with Crippen LogP contribution in [-0.2, 0) is 0 Å². The molecule has 0 aromatic carbocycles. The van der Waals surface area contributed by atoms with Crippen molar-refractivity contribution in [1.29, 1.82) is 0 Å². The van der Waals surface area contributed by atoms with Gasteiger partial charge in [-0.1, -0.05) is 19.3 Å². The Labute approximate surface area is 67.3 Å². The second-order valence-corrected chi connectivity index (χ2v) is 2.75. The Kier molecular flexibility index (Phi) is 7.59. The van der Waals surface area contributed by atoms with Crippen LogP contribution < -0.4 is 0 Å². The molecule has 0 saturated carbocycles. The van der Waals surface area contributed by atoms with Crippen molar-refractivity contribution in [3.05, 3.63) is 0 Å². The fourth-order valence-electron chi connectivity index (χ4n) is 0.775. The van der Waals surface area contributed by atoms with E-state index in [0.717, 1.165) is 25.7 Å². The first-order valence-corrected chi connectivity index (χ1v) is 4.23. The number of hydrogen-bond acceptors (Lipinski definition) is 2. The molecule has 60 valence electrons. The minimum Gasteiger partial charge on any atom is -0.427 e. The zero-order valence-electron chi connectivity index (χ0n) is 6.09. The Hall–Kier alpha value is 0.275. The first-order chi connectivity index (χ1) is 4.77. The van der Waals surface area contributed by atoms with Crippen molar-refractivity contribution >= 4 is 18.7 Å². The van der Waals surface area contributed by atoms with E-state index in [4.69, 9.17) is 21.6 Å². The first-order valence-electron chi connectivity index (χ1n) is 3.69. The zero-order chi connectivity index (χ0) is 7.82. The maximum Gasteiger partial charge on any atom is 0.451 e. The molecule has 0 aliphatic heterocycles. The third-order valence-corrected chi connectivity index (χ3v) is 1.61. The maximum absolute atomic E-state index is 8.44. The molecule has 0 spiro atoms. The Morgan fingerprint density at radius 3 is 2.10 bits per heavy atom. The lowest BCUT2D eigenvalue weighted by atomic mass is 9.83. The van der Waals surface area contributed by atoms with Crippen LogP contribution >= 0.6 is 11.6 Å². The summed E-state index contributed by atoms with van der Waals surface area (Å²) in [7, 11) is -1.13. The molecular formula is C6H14BClO2. The number of rotatable bonds is 6. The fraction of sp³-hybridized carbons (Fsp3) is 1.00. The standard InChI is InChI=1S/C6H14BClO2/c8-6-4-2-1-3-5-7(9)10/h9-10H,1-6H2. The lowest BCUT2D eigenvalue weighted by Crippen LogP contribution is -2.09. The van der Waals surface area contributed by atoms with Gasteiger partial charge >= 0.3 is 7.12 Å². The Morgan fingerprint density at radius 1 is 1.00 bits per heavy atom. The van der Waals surface area contributed by atoms with Gasteiger partial charge in [0.1, 0.15) is 0 Å². The van der Waals surface area contributed by atoms with Crippen LogP contribution in [0.3, 0.4) is 0 Å². The molecule has 0 aliphatic rings. The summed E-state index contributed by atoms with van der Waals surface area (Å²) in [4.78, 5) is 0. The highest BCUT2D eigenvalue weighted by Crippen LogP contribution is 2.04. The summed E-state index contributed by atoms with van der Waals surface area (Å²) in [5.74, 6) is 0.710. The number of hydrogen-bond donors (Lipinski definition) is 2. The third kappa shape index (κ3) is 8.27. The van der Waals surface area contributed by atoms with E-state index in [2.05, 4.69) is 0 Å². The second-order valence-electron chi connectivity index (χ2n) is 2.37. The smallest absolute Gasteiger partial charge is 0.427 e. The van der Waals surface area contributed by atoms with Crippen molar-refractivity contribution in [2.75, 3.05) is 5.88 Å². The highest BCUT2D eigenvalue weighted by molar-refractivity contribution is 6.40. The van der Waals surface area contributed by atoms with E-state index in [1.807, 2.05) is 0 Å². The van der Waals surface area contributed by atoms with Gasteiger partial charge < -0.3 is 10.0 Å². The Morgan fingerprint density at radius 2 is 1.60 bits per heavy atom. The van der Waals surface area contributed by atoms with Gasteiger partial charge in [0.05, 0.1) is 0 Å². The van der Waals surface area contributed by atoms with Crippen LogP contribution in [0.2, 0.25) is 6.32 Å². The minimum absolute atomic E-state index is 0.488. The van der Waals surface area contributed by atoms with Gasteiger partial charge in [0, 0.05) is 5.88 Å². The first kappa shape index (κ1) is 10.3. The van der Waals surface area contributed by atoms with Crippen molar-refractivity contribution in [2.45, 2.75) is 32.0 Å². The number of unbranched alkanes of at least 4 members (excludes halogenated alkanes) is 3. The van der Waals surface area contributed by atoms with Gasteiger partial charge in [0.2, 0.25) is 0 Å². The molecule has 0 fully saturated rings. The number of alkyl halides is 1. The molecule has 0 radical (unpaired) electrons. The molecular weight excluding hydrogens is 150 g/mol. The molecule has 0 atom stereocenters. The van der Waals surface area contributed by atoms with E-state index in [9.17, 15) is 0 Å². The molecule has 0 aromatic heterocycles. The summed E-state index contributed by atoms with van der Waals surface area (Å²) in [6, 6.07) is 0. The summed E-state index contributed by atoms with van der Waals surface area (Å²) in [5, 5.41) is 16.9.